The third-order valence-electron chi connectivity index (χ3n) is 8.27. The summed E-state index contributed by atoms with van der Waals surface area (Å²) in [5, 5.41) is 15.0. The lowest BCUT2D eigenvalue weighted by Gasteiger charge is -2.18. The second-order valence-electron chi connectivity index (χ2n) is 11.3. The molecule has 0 aromatic heterocycles. The van der Waals surface area contributed by atoms with Crippen molar-refractivity contribution in [2.24, 2.45) is 10.1 Å². The molecular formula is C35H36N4O7S. The van der Waals surface area contributed by atoms with E-state index in [0.717, 1.165) is 22.3 Å². The lowest BCUT2D eigenvalue weighted by atomic mass is 9.98. The number of aliphatic carboxylic acids is 1. The van der Waals surface area contributed by atoms with Gasteiger partial charge in [-0.2, -0.15) is 8.42 Å². The number of carboxylic acids is 1. The highest BCUT2D eigenvalue weighted by Gasteiger charge is 2.30. The standard InChI is InChI=1S/C35H36N4O7S/c1-20-17-31(45-4)21(2)22(3)32(20)47(43,44)39-34(36)37-24-15-13-23(14-16-24)18-30(33(40)41)38-35(42)46-19-29-27-11-7-5-9-25(27)26-10-6-8-12-28(26)29/h5-17,29-30H,18-19H2,1-4H3,(H,38,42)(H,40,41)(H3,36,37,39)/t30-/m1/s1. The molecule has 4 aromatic carbocycles. The Balaban J connectivity index is 1.20. The molecule has 1 atom stereocenters. The second-order valence-corrected chi connectivity index (χ2v) is 12.9. The van der Waals surface area contributed by atoms with Gasteiger partial charge in [-0.3, -0.25) is 0 Å². The van der Waals surface area contributed by atoms with Crippen molar-refractivity contribution in [2.75, 3.05) is 19.0 Å². The van der Waals surface area contributed by atoms with Crippen LogP contribution >= 0.6 is 0 Å². The van der Waals surface area contributed by atoms with Crippen LogP contribution in [0.5, 0.6) is 5.75 Å². The van der Waals surface area contributed by atoms with Gasteiger partial charge in [0.05, 0.1) is 12.0 Å². The van der Waals surface area contributed by atoms with E-state index in [1.54, 1.807) is 51.1 Å². The minimum absolute atomic E-state index is 0.0207. The van der Waals surface area contributed by atoms with E-state index in [-0.39, 0.29) is 29.8 Å². The molecule has 0 saturated carbocycles. The number of nitrogens with one attached hydrogen (secondary N) is 2. The number of aryl methyl sites for hydroxylation is 1. The molecule has 0 unspecified atom stereocenters. The van der Waals surface area contributed by atoms with Gasteiger partial charge < -0.3 is 30.9 Å². The largest absolute Gasteiger partial charge is 0.496 e. The summed E-state index contributed by atoms with van der Waals surface area (Å²) in [6, 6.07) is 22.7. The highest BCUT2D eigenvalue weighted by atomic mass is 32.2. The zero-order chi connectivity index (χ0) is 33.9. The van der Waals surface area contributed by atoms with Crippen LogP contribution in [0.15, 0.2) is 88.2 Å². The molecule has 12 heteroatoms. The molecule has 0 spiro atoms. The summed E-state index contributed by atoms with van der Waals surface area (Å²) in [7, 11) is -2.63. The molecule has 0 bridgehead atoms. The minimum Gasteiger partial charge on any atom is -0.496 e. The van der Waals surface area contributed by atoms with Crippen LogP contribution in [0.4, 0.5) is 10.5 Å². The van der Waals surface area contributed by atoms with E-state index in [1.807, 2.05) is 48.5 Å². The number of amides is 1. The fraction of sp³-hybridized carbons (Fsp3) is 0.229. The number of carbonyl (C=O) groups excluding carboxylic acids is 1. The van der Waals surface area contributed by atoms with Crippen LogP contribution < -0.4 is 21.1 Å². The number of nitrogens with two attached hydrogens (primary N) is 1. The molecule has 0 aliphatic heterocycles. The van der Waals surface area contributed by atoms with Crippen LogP contribution in [-0.2, 0) is 26.0 Å². The number of rotatable bonds is 10. The predicted octanol–water partition coefficient (Wildman–Crippen LogP) is 5.27. The smallest absolute Gasteiger partial charge is 0.407 e. The van der Waals surface area contributed by atoms with Gasteiger partial charge in [0.25, 0.3) is 10.0 Å². The summed E-state index contributed by atoms with van der Waals surface area (Å²) in [4.78, 5) is 24.8. The van der Waals surface area contributed by atoms with Gasteiger partial charge in [0.15, 0.2) is 0 Å². The molecule has 5 rings (SSSR count). The first-order chi connectivity index (χ1) is 22.4. The number of benzene rings is 4. The Morgan fingerprint density at radius 3 is 2.11 bits per heavy atom. The summed E-state index contributed by atoms with van der Waals surface area (Å²) in [5.74, 6) is -1.14. The van der Waals surface area contributed by atoms with Crippen molar-refractivity contribution in [3.05, 3.63) is 112 Å². The van der Waals surface area contributed by atoms with E-state index in [0.29, 0.717) is 33.7 Å². The second kappa shape index (κ2) is 13.6. The summed E-state index contributed by atoms with van der Waals surface area (Å²) in [6.45, 7) is 5.17. The average molecular weight is 657 g/mol. The first kappa shape index (κ1) is 33.0. The number of alkyl carbamates (subject to hydrolysis) is 1. The Bertz CT molecular complexity index is 1930. The number of hydrogen-bond donors (Lipinski definition) is 4. The van der Waals surface area contributed by atoms with E-state index in [4.69, 9.17) is 15.2 Å². The Kier molecular flexibility index (Phi) is 9.52. The molecule has 244 valence electrons. The molecule has 0 radical (unpaired) electrons. The summed E-state index contributed by atoms with van der Waals surface area (Å²) in [5.41, 5.74) is 12.9. The van der Waals surface area contributed by atoms with E-state index in [1.165, 1.54) is 7.11 Å². The quantitative estimate of drug-likeness (QED) is 0.131. The zero-order valence-corrected chi connectivity index (χ0v) is 27.2. The monoisotopic (exact) mass is 656 g/mol. The van der Waals surface area contributed by atoms with Gasteiger partial charge in [0.2, 0.25) is 5.96 Å². The lowest BCUT2D eigenvalue weighted by Crippen LogP contribution is -2.42. The van der Waals surface area contributed by atoms with Crippen LogP contribution in [0.3, 0.4) is 0 Å². The van der Waals surface area contributed by atoms with Gasteiger partial charge in [0.1, 0.15) is 18.4 Å². The molecule has 0 fully saturated rings. The molecule has 5 N–H and O–H groups in total. The Morgan fingerprint density at radius 1 is 0.936 bits per heavy atom. The fourth-order valence-electron chi connectivity index (χ4n) is 5.92. The average Bonchev–Trinajstić information content (AvgIpc) is 3.35. The summed E-state index contributed by atoms with van der Waals surface area (Å²) < 4.78 is 40.9. The Labute approximate surface area is 273 Å². The molecule has 1 amide bonds. The minimum atomic E-state index is -4.15. The number of fused-ring (bicyclic) bond motifs is 3. The number of methoxy groups -OCH3 is 1. The topological polar surface area (TPSA) is 169 Å². The van der Waals surface area contributed by atoms with Gasteiger partial charge in [-0.25, -0.2) is 9.59 Å². The maximum absolute atomic E-state index is 13.1. The van der Waals surface area contributed by atoms with Crippen molar-refractivity contribution in [2.45, 2.75) is 44.0 Å². The van der Waals surface area contributed by atoms with Crippen molar-refractivity contribution < 1.29 is 32.6 Å². The Hall–Kier alpha value is -5.36. The van der Waals surface area contributed by atoms with Crippen LogP contribution in [0.1, 0.15) is 39.3 Å². The van der Waals surface area contributed by atoms with E-state index in [9.17, 15) is 23.1 Å². The number of guanidine groups is 1. The van der Waals surface area contributed by atoms with E-state index in [2.05, 4.69) is 15.0 Å². The Morgan fingerprint density at radius 2 is 1.53 bits per heavy atom. The third-order valence-corrected chi connectivity index (χ3v) is 9.86. The molecule has 1 aliphatic rings. The van der Waals surface area contributed by atoms with Crippen molar-refractivity contribution >= 4 is 33.7 Å². The first-order valence-corrected chi connectivity index (χ1v) is 16.3. The molecular weight excluding hydrogens is 620 g/mol. The van der Waals surface area contributed by atoms with Crippen molar-refractivity contribution in [3.63, 3.8) is 0 Å². The summed E-state index contributed by atoms with van der Waals surface area (Å²) in [6.07, 6.45) is -0.854. The normalized spacial score (nSPS) is 13.3. The maximum Gasteiger partial charge on any atom is 0.407 e. The molecule has 47 heavy (non-hydrogen) atoms. The molecule has 1 aliphatic carbocycles. The lowest BCUT2D eigenvalue weighted by molar-refractivity contribution is -0.139. The third kappa shape index (κ3) is 7.07. The van der Waals surface area contributed by atoms with Gasteiger partial charge in [-0.15, -0.1) is 4.40 Å². The first-order valence-electron chi connectivity index (χ1n) is 14.8. The van der Waals surface area contributed by atoms with Gasteiger partial charge in [0, 0.05) is 18.0 Å². The van der Waals surface area contributed by atoms with Crippen LogP contribution in [0, 0.1) is 20.8 Å². The highest BCUT2D eigenvalue weighted by Crippen LogP contribution is 2.44. The summed E-state index contributed by atoms with van der Waals surface area (Å²) >= 11 is 0. The molecule has 4 aromatic rings. The van der Waals surface area contributed by atoms with Crippen molar-refractivity contribution in [1.29, 1.82) is 0 Å². The number of nitrogens with zero attached hydrogens (tertiary/aromatic N) is 1. The van der Waals surface area contributed by atoms with Gasteiger partial charge in [-0.1, -0.05) is 60.7 Å². The fourth-order valence-corrected chi connectivity index (χ4v) is 7.32. The van der Waals surface area contributed by atoms with Crippen molar-refractivity contribution in [3.8, 4) is 16.9 Å². The molecule has 0 saturated heterocycles. The molecule has 11 nitrogen and oxygen atoms in total. The van der Waals surface area contributed by atoms with Gasteiger partial charge >= 0.3 is 12.1 Å². The zero-order valence-electron chi connectivity index (χ0n) is 26.4. The van der Waals surface area contributed by atoms with Gasteiger partial charge in [-0.05, 0) is 83.5 Å². The van der Waals surface area contributed by atoms with Crippen LogP contribution in [0.25, 0.3) is 11.1 Å². The number of carbonyl (C=O) groups is 2. The number of ether oxygens (including phenoxy) is 2. The van der Waals surface area contributed by atoms with Crippen molar-refractivity contribution in [1.82, 2.24) is 5.32 Å². The maximum atomic E-state index is 13.1. The number of hydrogen-bond acceptors (Lipinski definition) is 6. The van der Waals surface area contributed by atoms with Crippen LogP contribution in [0.2, 0.25) is 0 Å². The SMILES string of the molecule is COc1cc(C)c(S(=O)(=O)/N=C(\N)Nc2ccc(C[C@@H](NC(=O)OCC3c4ccccc4-c4ccccc43)C(=O)O)cc2)c(C)c1C. The van der Waals surface area contributed by atoms with Crippen LogP contribution in [-0.4, -0.2) is 51.3 Å². The number of carboxylic acid groups (broad SMARTS) is 1. The highest BCUT2D eigenvalue weighted by molar-refractivity contribution is 7.90. The van der Waals surface area contributed by atoms with E-state index < -0.39 is 28.1 Å². The predicted molar refractivity (Wildman–Crippen MR) is 179 cm³/mol. The number of sulfonamides is 1. The molecule has 0 heterocycles. The number of anilines is 1. The van der Waals surface area contributed by atoms with E-state index >= 15 is 0 Å².